The summed E-state index contributed by atoms with van der Waals surface area (Å²) in [4.78, 5) is 2.43. The molecule has 6 nitrogen and oxygen atoms in total. The first-order valence-electron chi connectivity index (χ1n) is 8.11. The van der Waals surface area contributed by atoms with E-state index in [4.69, 9.17) is 9.47 Å². The Morgan fingerprint density at radius 1 is 1.17 bits per heavy atom. The molecular weight excluding hydrogens is 335 g/mol. The molecular formula is C16H23FN2O4S. The highest BCUT2D eigenvalue weighted by Crippen LogP contribution is 2.27. The zero-order valence-electron chi connectivity index (χ0n) is 13.7. The molecule has 0 saturated carbocycles. The van der Waals surface area contributed by atoms with Crippen LogP contribution in [0.25, 0.3) is 0 Å². The van der Waals surface area contributed by atoms with Crippen molar-refractivity contribution in [2.24, 2.45) is 0 Å². The van der Waals surface area contributed by atoms with Crippen molar-refractivity contribution >= 4 is 10.0 Å². The highest BCUT2D eigenvalue weighted by atomic mass is 32.2. The van der Waals surface area contributed by atoms with Gasteiger partial charge >= 0.3 is 0 Å². The summed E-state index contributed by atoms with van der Waals surface area (Å²) in [5.41, 5.74) is 0. The van der Waals surface area contributed by atoms with E-state index in [1.165, 1.54) is 28.6 Å². The van der Waals surface area contributed by atoms with Gasteiger partial charge in [-0.3, -0.25) is 4.90 Å². The minimum atomic E-state index is -3.58. The number of ether oxygens (including phenoxy) is 2. The molecule has 2 heterocycles. The molecule has 0 aromatic heterocycles. The highest BCUT2D eigenvalue weighted by molar-refractivity contribution is 7.89. The summed E-state index contributed by atoms with van der Waals surface area (Å²) in [6.45, 7) is 3.53. The normalized spacial score (nSPS) is 25.8. The number of benzene rings is 1. The van der Waals surface area contributed by atoms with Gasteiger partial charge in [0.1, 0.15) is 5.82 Å². The monoisotopic (exact) mass is 358 g/mol. The molecule has 0 radical (unpaired) electrons. The molecule has 1 aromatic rings. The number of halogens is 1. The van der Waals surface area contributed by atoms with Gasteiger partial charge in [0, 0.05) is 39.3 Å². The van der Waals surface area contributed by atoms with Crippen LogP contribution in [-0.2, 0) is 19.5 Å². The second-order valence-electron chi connectivity index (χ2n) is 6.19. The Balaban J connectivity index is 1.63. The van der Waals surface area contributed by atoms with Crippen LogP contribution in [-0.4, -0.2) is 76.3 Å². The summed E-state index contributed by atoms with van der Waals surface area (Å²) < 4.78 is 50.7. The van der Waals surface area contributed by atoms with E-state index >= 15 is 0 Å². The smallest absolute Gasteiger partial charge is 0.243 e. The van der Waals surface area contributed by atoms with Gasteiger partial charge in [0.15, 0.2) is 0 Å². The van der Waals surface area contributed by atoms with E-state index in [2.05, 4.69) is 4.90 Å². The van der Waals surface area contributed by atoms with Gasteiger partial charge in [0.05, 0.1) is 24.2 Å². The third-order valence-electron chi connectivity index (χ3n) is 4.63. The Kier molecular flexibility index (Phi) is 5.51. The molecule has 134 valence electrons. The lowest BCUT2D eigenvalue weighted by Crippen LogP contribution is -2.51. The van der Waals surface area contributed by atoms with Gasteiger partial charge in [-0.25, -0.2) is 12.8 Å². The summed E-state index contributed by atoms with van der Waals surface area (Å²) in [5, 5.41) is 0. The van der Waals surface area contributed by atoms with E-state index in [0.717, 1.165) is 13.0 Å². The van der Waals surface area contributed by atoms with Crippen molar-refractivity contribution in [2.75, 3.05) is 46.5 Å². The lowest BCUT2D eigenvalue weighted by Gasteiger charge is -2.36. The topological polar surface area (TPSA) is 59.1 Å². The van der Waals surface area contributed by atoms with E-state index < -0.39 is 15.8 Å². The van der Waals surface area contributed by atoms with Crippen LogP contribution in [0.15, 0.2) is 29.2 Å². The molecule has 2 aliphatic rings. The number of methoxy groups -OCH3 is 1. The van der Waals surface area contributed by atoms with Crippen molar-refractivity contribution in [1.29, 1.82) is 0 Å². The average Bonchev–Trinajstić information content (AvgIpc) is 2.97. The maximum atomic E-state index is 13.0. The number of piperazine rings is 1. The Labute approximate surface area is 142 Å². The first-order chi connectivity index (χ1) is 11.5. The molecule has 2 saturated heterocycles. The molecule has 0 unspecified atom stereocenters. The summed E-state index contributed by atoms with van der Waals surface area (Å²) >= 11 is 0. The van der Waals surface area contributed by atoms with Gasteiger partial charge in [0.25, 0.3) is 0 Å². The number of sulfonamides is 1. The van der Waals surface area contributed by atoms with Crippen LogP contribution in [0.3, 0.4) is 0 Å². The predicted molar refractivity (Wildman–Crippen MR) is 86.8 cm³/mol. The summed E-state index contributed by atoms with van der Waals surface area (Å²) in [6.07, 6.45) is 0.942. The number of hydrogen-bond acceptors (Lipinski definition) is 5. The molecule has 2 atom stereocenters. The lowest BCUT2D eigenvalue weighted by atomic mass is 10.2. The maximum absolute atomic E-state index is 13.0. The quantitative estimate of drug-likeness (QED) is 0.709. The van der Waals surface area contributed by atoms with Crippen molar-refractivity contribution in [2.45, 2.75) is 23.5 Å². The fourth-order valence-corrected chi connectivity index (χ4v) is 4.83. The molecule has 0 bridgehead atoms. The fraction of sp³-hybridized carbons (Fsp3) is 0.625. The zero-order valence-corrected chi connectivity index (χ0v) is 14.5. The molecule has 0 N–H and O–H groups in total. The Morgan fingerprint density at radius 2 is 1.92 bits per heavy atom. The standard InChI is InChI=1S/C16H23FN2O4S/c1-22-8-9-23-15-10-14-11-19(7-6-18(14)12-15)24(20,21)16-4-2-13(17)3-5-16/h2-5,14-15H,6-12H2,1H3/t14-,15+/m0/s1. The number of fused-ring (bicyclic) bond motifs is 1. The predicted octanol–water partition coefficient (Wildman–Crippen LogP) is 0.936. The van der Waals surface area contributed by atoms with Crippen molar-refractivity contribution in [1.82, 2.24) is 9.21 Å². The van der Waals surface area contributed by atoms with Crippen LogP contribution < -0.4 is 0 Å². The van der Waals surface area contributed by atoms with Crippen molar-refractivity contribution in [3.8, 4) is 0 Å². The minimum absolute atomic E-state index is 0.124. The first kappa shape index (κ1) is 17.8. The van der Waals surface area contributed by atoms with Gasteiger partial charge < -0.3 is 9.47 Å². The molecule has 24 heavy (non-hydrogen) atoms. The van der Waals surface area contributed by atoms with Gasteiger partial charge in [-0.1, -0.05) is 0 Å². The van der Waals surface area contributed by atoms with Crippen LogP contribution in [0.5, 0.6) is 0 Å². The first-order valence-corrected chi connectivity index (χ1v) is 9.55. The van der Waals surface area contributed by atoms with Crippen molar-refractivity contribution in [3.05, 3.63) is 30.1 Å². The van der Waals surface area contributed by atoms with Gasteiger partial charge in [-0.15, -0.1) is 0 Å². The number of hydrogen-bond donors (Lipinski definition) is 0. The molecule has 0 amide bonds. The third kappa shape index (κ3) is 3.78. The molecule has 2 fully saturated rings. The Morgan fingerprint density at radius 3 is 2.62 bits per heavy atom. The molecule has 2 aliphatic heterocycles. The molecule has 3 rings (SSSR count). The van der Waals surface area contributed by atoms with E-state index in [0.29, 0.717) is 32.8 Å². The van der Waals surface area contributed by atoms with E-state index in [-0.39, 0.29) is 17.0 Å². The van der Waals surface area contributed by atoms with Gasteiger partial charge in [-0.2, -0.15) is 4.31 Å². The van der Waals surface area contributed by atoms with Gasteiger partial charge in [-0.05, 0) is 30.7 Å². The molecule has 0 spiro atoms. The molecule has 0 aliphatic carbocycles. The second kappa shape index (κ2) is 7.45. The van der Waals surface area contributed by atoms with Crippen LogP contribution in [0.2, 0.25) is 0 Å². The van der Waals surface area contributed by atoms with Crippen LogP contribution in [0.1, 0.15) is 6.42 Å². The minimum Gasteiger partial charge on any atom is -0.382 e. The summed E-state index contributed by atoms with van der Waals surface area (Å²) in [6, 6.07) is 5.17. The molecule has 8 heteroatoms. The van der Waals surface area contributed by atoms with Crippen molar-refractivity contribution < 1.29 is 22.3 Å². The summed E-state index contributed by atoms with van der Waals surface area (Å²) in [5.74, 6) is -0.439. The van der Waals surface area contributed by atoms with E-state index in [9.17, 15) is 12.8 Å². The molecule has 1 aromatic carbocycles. The van der Waals surface area contributed by atoms with Crippen LogP contribution in [0, 0.1) is 5.82 Å². The van der Waals surface area contributed by atoms with Crippen LogP contribution >= 0.6 is 0 Å². The second-order valence-corrected chi connectivity index (χ2v) is 8.12. The number of nitrogens with zero attached hydrogens (tertiary/aromatic N) is 2. The van der Waals surface area contributed by atoms with Crippen molar-refractivity contribution in [3.63, 3.8) is 0 Å². The largest absolute Gasteiger partial charge is 0.382 e. The van der Waals surface area contributed by atoms with Gasteiger partial charge in [0.2, 0.25) is 10.0 Å². The highest BCUT2D eigenvalue weighted by Gasteiger charge is 2.40. The fourth-order valence-electron chi connectivity index (χ4n) is 3.36. The Bertz CT molecular complexity index is 653. The number of rotatable bonds is 6. The van der Waals surface area contributed by atoms with E-state index in [1.54, 1.807) is 7.11 Å². The summed E-state index contributed by atoms with van der Waals surface area (Å²) in [7, 11) is -1.94. The third-order valence-corrected chi connectivity index (χ3v) is 6.51. The van der Waals surface area contributed by atoms with E-state index in [1.807, 2.05) is 0 Å². The lowest BCUT2D eigenvalue weighted by molar-refractivity contribution is 0.0222. The Hall–Kier alpha value is -1.06. The SMILES string of the molecule is COCCO[C@@H]1C[C@H]2CN(S(=O)(=O)c3ccc(F)cc3)CCN2C1. The van der Waals surface area contributed by atoms with Crippen LogP contribution in [0.4, 0.5) is 4.39 Å². The zero-order chi connectivity index (χ0) is 17.2. The average molecular weight is 358 g/mol. The maximum Gasteiger partial charge on any atom is 0.243 e.